The quantitative estimate of drug-likeness (QED) is 0.812. The van der Waals surface area contributed by atoms with Crippen molar-refractivity contribution in [2.75, 3.05) is 13.1 Å². The Kier molecular flexibility index (Phi) is 2.46. The largest absolute Gasteiger partial charge is 0.474 e. The molecular formula is C11H14N4O. The van der Waals surface area contributed by atoms with Crippen molar-refractivity contribution in [3.63, 3.8) is 0 Å². The van der Waals surface area contributed by atoms with Crippen LogP contribution < -0.4 is 10.1 Å². The van der Waals surface area contributed by atoms with E-state index in [0.717, 1.165) is 31.6 Å². The molecule has 5 nitrogen and oxygen atoms in total. The molecule has 84 valence electrons. The van der Waals surface area contributed by atoms with Gasteiger partial charge in [-0.3, -0.25) is 0 Å². The van der Waals surface area contributed by atoms with Crippen molar-refractivity contribution in [2.24, 2.45) is 0 Å². The number of piperidine rings is 1. The molecule has 3 heterocycles. The average molecular weight is 218 g/mol. The van der Waals surface area contributed by atoms with Crippen LogP contribution in [0.4, 0.5) is 0 Å². The van der Waals surface area contributed by atoms with Gasteiger partial charge in [-0.2, -0.15) is 10.1 Å². The summed E-state index contributed by atoms with van der Waals surface area (Å²) in [6, 6.07) is 3.73. The van der Waals surface area contributed by atoms with Crippen molar-refractivity contribution in [1.82, 2.24) is 19.9 Å². The van der Waals surface area contributed by atoms with Gasteiger partial charge in [-0.25, -0.2) is 4.52 Å². The summed E-state index contributed by atoms with van der Waals surface area (Å²) in [6.07, 6.45) is 5.99. The highest BCUT2D eigenvalue weighted by Gasteiger charge is 2.15. The maximum atomic E-state index is 5.84. The van der Waals surface area contributed by atoms with Gasteiger partial charge in [-0.15, -0.1) is 0 Å². The normalized spacial score (nSPS) is 17.8. The van der Waals surface area contributed by atoms with Crippen LogP contribution in [-0.4, -0.2) is 33.8 Å². The van der Waals surface area contributed by atoms with E-state index in [2.05, 4.69) is 15.4 Å². The van der Waals surface area contributed by atoms with Crippen molar-refractivity contribution in [2.45, 2.75) is 18.9 Å². The Morgan fingerprint density at radius 1 is 1.31 bits per heavy atom. The number of nitrogens with one attached hydrogen (secondary N) is 1. The summed E-state index contributed by atoms with van der Waals surface area (Å²) in [7, 11) is 0. The Balaban J connectivity index is 1.77. The fraction of sp³-hybridized carbons (Fsp3) is 0.455. The van der Waals surface area contributed by atoms with Gasteiger partial charge >= 0.3 is 0 Å². The van der Waals surface area contributed by atoms with E-state index in [9.17, 15) is 0 Å². The molecule has 5 heteroatoms. The highest BCUT2D eigenvalue weighted by Crippen LogP contribution is 2.14. The maximum Gasteiger partial charge on any atom is 0.217 e. The van der Waals surface area contributed by atoms with Crippen molar-refractivity contribution < 1.29 is 4.74 Å². The molecule has 0 saturated carbocycles. The zero-order valence-corrected chi connectivity index (χ0v) is 8.97. The van der Waals surface area contributed by atoms with E-state index in [4.69, 9.17) is 4.74 Å². The van der Waals surface area contributed by atoms with E-state index < -0.39 is 0 Å². The molecule has 3 rings (SSSR count). The molecule has 0 bridgehead atoms. The number of aromatic nitrogens is 3. The summed E-state index contributed by atoms with van der Waals surface area (Å²) >= 11 is 0. The van der Waals surface area contributed by atoms with Crippen molar-refractivity contribution >= 4 is 5.65 Å². The number of nitrogens with zero attached hydrogens (tertiary/aromatic N) is 3. The highest BCUT2D eigenvalue weighted by molar-refractivity contribution is 5.37. The van der Waals surface area contributed by atoms with Gasteiger partial charge in [-0.05, 0) is 25.9 Å². The smallest absolute Gasteiger partial charge is 0.217 e. The van der Waals surface area contributed by atoms with Crippen molar-refractivity contribution in [3.05, 3.63) is 24.5 Å². The van der Waals surface area contributed by atoms with Crippen LogP contribution in [0.2, 0.25) is 0 Å². The molecule has 1 aliphatic heterocycles. The zero-order valence-electron chi connectivity index (χ0n) is 8.97. The van der Waals surface area contributed by atoms with Crippen LogP contribution in [0, 0.1) is 0 Å². The highest BCUT2D eigenvalue weighted by atomic mass is 16.5. The van der Waals surface area contributed by atoms with E-state index in [1.807, 2.05) is 18.3 Å². The minimum Gasteiger partial charge on any atom is -0.474 e. The van der Waals surface area contributed by atoms with E-state index in [1.165, 1.54) is 0 Å². The fourth-order valence-electron chi connectivity index (χ4n) is 1.94. The van der Waals surface area contributed by atoms with Crippen molar-refractivity contribution in [1.29, 1.82) is 0 Å². The SMILES string of the molecule is c1cc2nc(OC3CCNCC3)ccn2n1. The summed E-state index contributed by atoms with van der Waals surface area (Å²) in [6.45, 7) is 2.05. The summed E-state index contributed by atoms with van der Waals surface area (Å²) < 4.78 is 7.57. The third kappa shape index (κ3) is 1.86. The number of rotatable bonds is 2. The second kappa shape index (κ2) is 4.09. The summed E-state index contributed by atoms with van der Waals surface area (Å²) in [5, 5.41) is 7.41. The first-order valence-corrected chi connectivity index (χ1v) is 5.59. The molecule has 0 unspecified atom stereocenters. The summed E-state index contributed by atoms with van der Waals surface area (Å²) in [5.41, 5.74) is 0.825. The van der Waals surface area contributed by atoms with Crippen LogP contribution in [0.1, 0.15) is 12.8 Å². The van der Waals surface area contributed by atoms with Crippen LogP contribution in [-0.2, 0) is 0 Å². The van der Waals surface area contributed by atoms with E-state index in [-0.39, 0.29) is 0 Å². The first-order valence-electron chi connectivity index (χ1n) is 5.59. The number of ether oxygens (including phenoxy) is 1. The van der Waals surface area contributed by atoms with Crippen LogP contribution in [0.15, 0.2) is 24.5 Å². The molecule has 0 radical (unpaired) electrons. The molecule has 0 aromatic carbocycles. The lowest BCUT2D eigenvalue weighted by Crippen LogP contribution is -2.34. The minimum atomic E-state index is 0.291. The summed E-state index contributed by atoms with van der Waals surface area (Å²) in [5.74, 6) is 0.694. The third-order valence-corrected chi connectivity index (χ3v) is 2.81. The lowest BCUT2D eigenvalue weighted by atomic mass is 10.1. The molecule has 0 aliphatic carbocycles. The Hall–Kier alpha value is -1.62. The molecule has 1 N–H and O–H groups in total. The number of hydrogen-bond donors (Lipinski definition) is 1. The topological polar surface area (TPSA) is 51.5 Å². The standard InChI is InChI=1S/C11H14N4O/c1-5-12-6-2-9(1)16-11-4-8-15-10(14-11)3-7-13-15/h3-4,7-9,12H,1-2,5-6H2. The maximum absolute atomic E-state index is 5.84. The van der Waals surface area contributed by atoms with Gasteiger partial charge in [0.15, 0.2) is 5.65 Å². The van der Waals surface area contributed by atoms with Gasteiger partial charge in [0.1, 0.15) is 6.10 Å². The van der Waals surface area contributed by atoms with Crippen LogP contribution in [0.3, 0.4) is 0 Å². The first-order chi connectivity index (χ1) is 7.92. The van der Waals surface area contributed by atoms with Crippen LogP contribution >= 0.6 is 0 Å². The fourth-order valence-corrected chi connectivity index (χ4v) is 1.94. The second-order valence-electron chi connectivity index (χ2n) is 3.97. The van der Waals surface area contributed by atoms with Gasteiger partial charge in [0.25, 0.3) is 0 Å². The predicted molar refractivity (Wildman–Crippen MR) is 59.5 cm³/mol. The Morgan fingerprint density at radius 2 is 2.19 bits per heavy atom. The summed E-state index contributed by atoms with van der Waals surface area (Å²) in [4.78, 5) is 4.39. The average Bonchev–Trinajstić information content (AvgIpc) is 2.77. The molecule has 0 amide bonds. The molecule has 16 heavy (non-hydrogen) atoms. The van der Waals surface area contributed by atoms with Gasteiger partial charge < -0.3 is 10.1 Å². The van der Waals surface area contributed by atoms with E-state index in [1.54, 1.807) is 10.7 Å². The van der Waals surface area contributed by atoms with Gasteiger partial charge in [0.05, 0.1) is 6.20 Å². The Bertz CT molecular complexity index is 476. The van der Waals surface area contributed by atoms with E-state index in [0.29, 0.717) is 12.0 Å². The Morgan fingerprint density at radius 3 is 3.06 bits per heavy atom. The van der Waals surface area contributed by atoms with Gasteiger partial charge in [-0.1, -0.05) is 0 Å². The third-order valence-electron chi connectivity index (χ3n) is 2.81. The monoisotopic (exact) mass is 218 g/mol. The molecule has 2 aromatic heterocycles. The minimum absolute atomic E-state index is 0.291. The zero-order chi connectivity index (χ0) is 10.8. The lowest BCUT2D eigenvalue weighted by molar-refractivity contribution is 0.156. The number of fused-ring (bicyclic) bond motifs is 1. The Labute approximate surface area is 93.4 Å². The first kappa shape index (κ1) is 9.59. The predicted octanol–water partition coefficient (Wildman–Crippen LogP) is 0.860. The van der Waals surface area contributed by atoms with Gasteiger partial charge in [0.2, 0.25) is 5.88 Å². The molecule has 0 atom stereocenters. The molecule has 1 aliphatic rings. The van der Waals surface area contributed by atoms with Crippen LogP contribution in [0.25, 0.3) is 5.65 Å². The number of hydrogen-bond acceptors (Lipinski definition) is 4. The molecule has 1 saturated heterocycles. The molecule has 1 fully saturated rings. The molecular weight excluding hydrogens is 204 g/mol. The molecule has 2 aromatic rings. The van der Waals surface area contributed by atoms with Crippen LogP contribution in [0.5, 0.6) is 5.88 Å². The molecule has 0 spiro atoms. The second-order valence-corrected chi connectivity index (χ2v) is 3.97. The van der Waals surface area contributed by atoms with Crippen molar-refractivity contribution in [3.8, 4) is 5.88 Å². The lowest BCUT2D eigenvalue weighted by Gasteiger charge is -2.23. The van der Waals surface area contributed by atoms with E-state index >= 15 is 0 Å². The van der Waals surface area contributed by atoms with Gasteiger partial charge in [0, 0.05) is 18.3 Å².